The van der Waals surface area contributed by atoms with Gasteiger partial charge in [0.2, 0.25) is 0 Å². The Balaban J connectivity index is 1.53. The summed E-state index contributed by atoms with van der Waals surface area (Å²) in [5.41, 5.74) is 9.07. The third kappa shape index (κ3) is 5.16. The van der Waals surface area contributed by atoms with E-state index in [0.29, 0.717) is 28.8 Å². The zero-order valence-electron chi connectivity index (χ0n) is 17.1. The molecule has 9 heteroatoms. The number of urea groups is 1. The van der Waals surface area contributed by atoms with E-state index >= 15 is 0 Å². The van der Waals surface area contributed by atoms with Gasteiger partial charge < -0.3 is 21.1 Å². The summed E-state index contributed by atoms with van der Waals surface area (Å²) in [6.07, 6.45) is 0. The maximum Gasteiger partial charge on any atom is 0.319 e. The number of hydrogen-bond acceptors (Lipinski definition) is 5. The van der Waals surface area contributed by atoms with Crippen molar-refractivity contribution in [3.63, 3.8) is 0 Å². The topological polar surface area (TPSA) is 97.4 Å². The van der Waals surface area contributed by atoms with Crippen LogP contribution < -0.4 is 16.4 Å². The number of morpholine rings is 1. The van der Waals surface area contributed by atoms with E-state index in [0.717, 1.165) is 44.1 Å². The zero-order chi connectivity index (χ0) is 21.6. The van der Waals surface area contributed by atoms with E-state index in [9.17, 15) is 4.79 Å². The number of nitrogens with one attached hydrogen (secondary N) is 2. The first-order valence-corrected chi connectivity index (χ1v) is 10.5. The predicted molar refractivity (Wildman–Crippen MR) is 123 cm³/mol. The Labute approximate surface area is 185 Å². The fourth-order valence-electron chi connectivity index (χ4n) is 3.44. The number of aromatic nitrogens is 2. The fraction of sp³-hybridized carbons (Fsp3) is 0.273. The molecule has 0 saturated carbocycles. The summed E-state index contributed by atoms with van der Waals surface area (Å²) in [6.45, 7) is 4.50. The second-order valence-corrected chi connectivity index (χ2v) is 7.63. The number of carbonyl (C=O) groups is 1. The first-order chi connectivity index (χ1) is 15.1. The molecule has 162 valence electrons. The monoisotopic (exact) mass is 440 g/mol. The second kappa shape index (κ2) is 9.82. The van der Waals surface area contributed by atoms with Gasteiger partial charge in [0.25, 0.3) is 0 Å². The molecular formula is C22H25ClN6O2. The number of nitrogens with zero attached hydrogens (tertiary/aromatic N) is 3. The summed E-state index contributed by atoms with van der Waals surface area (Å²) in [5, 5.41) is 11.1. The maximum atomic E-state index is 12.6. The molecule has 0 atom stereocenters. The summed E-state index contributed by atoms with van der Waals surface area (Å²) in [7, 11) is 0. The molecule has 3 aromatic rings. The van der Waals surface area contributed by atoms with Gasteiger partial charge in [-0.1, -0.05) is 41.9 Å². The maximum absolute atomic E-state index is 12.6. The lowest BCUT2D eigenvalue weighted by Gasteiger charge is -2.26. The van der Waals surface area contributed by atoms with Gasteiger partial charge >= 0.3 is 6.03 Å². The van der Waals surface area contributed by atoms with Crippen LogP contribution in [-0.4, -0.2) is 60.1 Å². The molecule has 0 aliphatic carbocycles. The number of anilines is 2. The summed E-state index contributed by atoms with van der Waals surface area (Å²) in [5.74, 6) is 0.338. The molecule has 0 unspecified atom stereocenters. The van der Waals surface area contributed by atoms with E-state index in [1.54, 1.807) is 16.8 Å². The number of ether oxygens (including phenoxy) is 1. The fourth-order valence-corrected chi connectivity index (χ4v) is 3.57. The average Bonchev–Trinajstić information content (AvgIpc) is 3.12. The summed E-state index contributed by atoms with van der Waals surface area (Å²) in [4.78, 5) is 14.9. The van der Waals surface area contributed by atoms with Crippen LogP contribution in [0.5, 0.6) is 0 Å². The lowest BCUT2D eigenvalue weighted by atomic mass is 10.1. The highest BCUT2D eigenvalue weighted by molar-refractivity contribution is 6.30. The molecule has 2 heterocycles. The highest BCUT2D eigenvalue weighted by Crippen LogP contribution is 2.34. The van der Waals surface area contributed by atoms with Crippen LogP contribution in [-0.2, 0) is 4.74 Å². The molecular weight excluding hydrogens is 416 g/mol. The lowest BCUT2D eigenvalue weighted by Crippen LogP contribution is -2.42. The third-order valence-electron chi connectivity index (χ3n) is 5.10. The van der Waals surface area contributed by atoms with Gasteiger partial charge in [0.1, 0.15) is 11.4 Å². The molecule has 2 amide bonds. The Kier molecular flexibility index (Phi) is 6.71. The third-order valence-corrected chi connectivity index (χ3v) is 5.35. The van der Waals surface area contributed by atoms with Crippen LogP contribution in [0.15, 0.2) is 54.6 Å². The van der Waals surface area contributed by atoms with Crippen LogP contribution in [0, 0.1) is 0 Å². The van der Waals surface area contributed by atoms with Crippen LogP contribution in [0.1, 0.15) is 0 Å². The van der Waals surface area contributed by atoms with Gasteiger partial charge in [0, 0.05) is 36.8 Å². The number of halogens is 1. The van der Waals surface area contributed by atoms with Crippen molar-refractivity contribution >= 4 is 29.1 Å². The van der Waals surface area contributed by atoms with Crippen molar-refractivity contribution in [2.24, 2.45) is 0 Å². The molecule has 1 saturated heterocycles. The molecule has 4 rings (SSSR count). The molecule has 1 aliphatic heterocycles. The molecule has 0 bridgehead atoms. The van der Waals surface area contributed by atoms with Gasteiger partial charge in [-0.25, -0.2) is 9.48 Å². The number of hydrogen-bond donors (Lipinski definition) is 3. The van der Waals surface area contributed by atoms with Gasteiger partial charge in [-0.05, 0) is 24.3 Å². The van der Waals surface area contributed by atoms with Gasteiger partial charge in [-0.15, -0.1) is 0 Å². The quantitative estimate of drug-likeness (QED) is 0.546. The molecule has 0 radical (unpaired) electrons. The van der Waals surface area contributed by atoms with E-state index < -0.39 is 0 Å². The normalized spacial score (nSPS) is 14.4. The molecule has 31 heavy (non-hydrogen) atoms. The summed E-state index contributed by atoms with van der Waals surface area (Å²) < 4.78 is 6.95. The van der Waals surface area contributed by atoms with E-state index in [4.69, 9.17) is 22.1 Å². The van der Waals surface area contributed by atoms with E-state index in [1.165, 1.54) is 0 Å². The summed E-state index contributed by atoms with van der Waals surface area (Å²) >= 11 is 6.01. The lowest BCUT2D eigenvalue weighted by molar-refractivity contribution is 0.0388. The van der Waals surface area contributed by atoms with Crippen LogP contribution in [0.4, 0.5) is 16.3 Å². The van der Waals surface area contributed by atoms with Crippen LogP contribution in [0.3, 0.4) is 0 Å². The smallest absolute Gasteiger partial charge is 0.319 e. The molecule has 1 aliphatic rings. The highest BCUT2D eigenvalue weighted by atomic mass is 35.5. The minimum absolute atomic E-state index is 0.326. The van der Waals surface area contributed by atoms with Crippen molar-refractivity contribution in [3.05, 3.63) is 59.6 Å². The molecule has 1 fully saturated rings. The number of rotatable bonds is 6. The Bertz CT molecular complexity index is 1020. The Morgan fingerprint density at radius 2 is 1.81 bits per heavy atom. The van der Waals surface area contributed by atoms with E-state index in [-0.39, 0.29) is 6.03 Å². The van der Waals surface area contributed by atoms with Crippen molar-refractivity contribution in [2.45, 2.75) is 0 Å². The Morgan fingerprint density at radius 1 is 1.10 bits per heavy atom. The Morgan fingerprint density at radius 3 is 2.52 bits per heavy atom. The van der Waals surface area contributed by atoms with Crippen molar-refractivity contribution in [3.8, 4) is 16.9 Å². The highest BCUT2D eigenvalue weighted by Gasteiger charge is 2.20. The van der Waals surface area contributed by atoms with Gasteiger partial charge in [0.15, 0.2) is 5.82 Å². The zero-order valence-corrected chi connectivity index (χ0v) is 17.8. The molecule has 4 N–H and O–H groups in total. The van der Waals surface area contributed by atoms with Crippen molar-refractivity contribution in [1.82, 2.24) is 20.0 Å². The van der Waals surface area contributed by atoms with Crippen molar-refractivity contribution in [1.29, 1.82) is 0 Å². The van der Waals surface area contributed by atoms with Crippen LogP contribution in [0.25, 0.3) is 16.9 Å². The van der Waals surface area contributed by atoms with Crippen molar-refractivity contribution in [2.75, 3.05) is 50.4 Å². The minimum Gasteiger partial charge on any atom is -0.382 e. The molecule has 2 aromatic carbocycles. The van der Waals surface area contributed by atoms with Gasteiger partial charge in [-0.3, -0.25) is 4.90 Å². The number of benzene rings is 2. The number of amides is 2. The largest absolute Gasteiger partial charge is 0.382 e. The standard InChI is InChI=1S/C22H25ClN6O2/c23-17-6-8-18(9-7-17)29-21(24)20(19(27-29)16-4-2-1-3-5-16)26-22(30)25-10-11-28-12-14-31-15-13-28/h1-9H,10-15,24H2,(H2,25,26,30). The molecule has 1 aromatic heterocycles. The van der Waals surface area contributed by atoms with Crippen LogP contribution in [0.2, 0.25) is 5.02 Å². The van der Waals surface area contributed by atoms with E-state index in [2.05, 4.69) is 20.6 Å². The first-order valence-electron chi connectivity index (χ1n) is 10.2. The summed E-state index contributed by atoms with van der Waals surface area (Å²) in [6, 6.07) is 16.5. The van der Waals surface area contributed by atoms with Gasteiger partial charge in [-0.2, -0.15) is 5.10 Å². The van der Waals surface area contributed by atoms with Gasteiger partial charge in [0.05, 0.1) is 18.9 Å². The molecule has 8 nitrogen and oxygen atoms in total. The SMILES string of the molecule is Nc1c(NC(=O)NCCN2CCOCC2)c(-c2ccccc2)nn1-c1ccc(Cl)cc1. The van der Waals surface area contributed by atoms with Crippen LogP contribution >= 0.6 is 11.6 Å². The predicted octanol–water partition coefficient (Wildman–Crippen LogP) is 3.23. The molecule has 0 spiro atoms. The number of nitrogens with two attached hydrogens (primary N) is 1. The minimum atomic E-state index is -0.326. The van der Waals surface area contributed by atoms with Crippen molar-refractivity contribution < 1.29 is 9.53 Å². The first kappa shape index (κ1) is 21.2. The Hall–Kier alpha value is -3.07. The average molecular weight is 441 g/mol. The number of nitrogen functional groups attached to an aromatic ring is 1. The number of carbonyl (C=O) groups excluding carboxylic acids is 1. The van der Waals surface area contributed by atoms with E-state index in [1.807, 2.05) is 42.5 Å². The second-order valence-electron chi connectivity index (χ2n) is 7.20.